The monoisotopic (exact) mass is 237 g/mol. The second-order valence-corrected chi connectivity index (χ2v) is 5.74. The van der Waals surface area contributed by atoms with E-state index in [0.29, 0.717) is 6.04 Å². The number of anilines is 1. The van der Waals surface area contributed by atoms with Gasteiger partial charge >= 0.3 is 0 Å². The minimum Gasteiger partial charge on any atom is -0.357 e. The number of fused-ring (bicyclic) bond motifs is 3. The van der Waals surface area contributed by atoms with E-state index in [1.165, 1.54) is 38.2 Å². The molecule has 1 N–H and O–H groups in total. The third-order valence-corrected chi connectivity index (χ3v) is 4.70. The van der Waals surface area contributed by atoms with Crippen molar-refractivity contribution in [1.29, 1.82) is 0 Å². The number of nitrogens with one attached hydrogen (secondary N) is 1. The molecule has 1 atom stereocenters. The van der Waals surface area contributed by atoms with Gasteiger partial charge in [-0.05, 0) is 38.3 Å². The number of hydrogen-bond acceptors (Lipinski definition) is 4. The van der Waals surface area contributed by atoms with Crippen LogP contribution in [0.25, 0.3) is 0 Å². The van der Waals surface area contributed by atoms with Crippen LogP contribution in [0.2, 0.25) is 0 Å². The summed E-state index contributed by atoms with van der Waals surface area (Å²) in [6, 6.07) is 0.637. The highest BCUT2D eigenvalue weighted by atomic mass is 32.1. The van der Waals surface area contributed by atoms with Crippen LogP contribution in [0.15, 0.2) is 5.38 Å². The lowest BCUT2D eigenvalue weighted by molar-refractivity contribution is 0.0975. The fraction of sp³-hybridized carbons (Fsp3) is 0.750. The maximum Gasteiger partial charge on any atom is 0.183 e. The molecule has 2 bridgehead atoms. The third-order valence-electron chi connectivity index (χ3n) is 3.88. The lowest BCUT2D eigenvalue weighted by Crippen LogP contribution is -2.53. The number of piperidine rings is 3. The fourth-order valence-corrected chi connectivity index (χ4v) is 3.68. The molecule has 88 valence electrons. The number of aryl methyl sites for hydroxylation is 1. The maximum absolute atomic E-state index is 4.60. The van der Waals surface area contributed by atoms with Crippen molar-refractivity contribution >= 4 is 16.5 Å². The third kappa shape index (κ3) is 1.96. The first-order valence-corrected chi connectivity index (χ1v) is 7.16. The molecule has 3 aliphatic heterocycles. The van der Waals surface area contributed by atoms with Gasteiger partial charge in [-0.25, -0.2) is 4.98 Å². The molecule has 4 heteroatoms. The number of thiazole rings is 1. The molecule has 1 unspecified atom stereocenters. The zero-order chi connectivity index (χ0) is 11.0. The minimum atomic E-state index is 0.637. The van der Waals surface area contributed by atoms with Gasteiger partial charge in [-0.2, -0.15) is 0 Å². The summed E-state index contributed by atoms with van der Waals surface area (Å²) < 4.78 is 0. The molecule has 1 aromatic rings. The molecule has 0 aromatic carbocycles. The average Bonchev–Trinajstić information content (AvgIpc) is 2.78. The molecule has 3 fully saturated rings. The summed E-state index contributed by atoms with van der Waals surface area (Å²) in [7, 11) is 0. The van der Waals surface area contributed by atoms with E-state index >= 15 is 0 Å². The van der Waals surface area contributed by atoms with Crippen molar-refractivity contribution in [3.63, 3.8) is 0 Å². The number of nitrogens with zero attached hydrogens (tertiary/aromatic N) is 2. The predicted molar refractivity (Wildman–Crippen MR) is 68.1 cm³/mol. The van der Waals surface area contributed by atoms with Gasteiger partial charge in [-0.15, -0.1) is 11.3 Å². The molecule has 4 heterocycles. The largest absolute Gasteiger partial charge is 0.357 e. The molecule has 4 rings (SSSR count). The Labute approximate surface area is 101 Å². The summed E-state index contributed by atoms with van der Waals surface area (Å²) in [6.45, 7) is 5.99. The Morgan fingerprint density at radius 2 is 2.31 bits per heavy atom. The summed E-state index contributed by atoms with van der Waals surface area (Å²) in [6.07, 6.45) is 3.77. The molecule has 1 aromatic heterocycles. The number of aromatic nitrogens is 1. The smallest absolute Gasteiger partial charge is 0.183 e. The van der Waals surface area contributed by atoms with Gasteiger partial charge in [0.15, 0.2) is 5.13 Å². The van der Waals surface area contributed by atoms with E-state index in [2.05, 4.69) is 27.5 Å². The summed E-state index contributed by atoms with van der Waals surface area (Å²) in [5.74, 6) is 0.874. The van der Waals surface area contributed by atoms with Gasteiger partial charge in [0.25, 0.3) is 0 Å². The van der Waals surface area contributed by atoms with Crippen LogP contribution in [0.1, 0.15) is 25.5 Å². The van der Waals surface area contributed by atoms with E-state index in [9.17, 15) is 0 Å². The van der Waals surface area contributed by atoms with Crippen molar-refractivity contribution in [1.82, 2.24) is 9.88 Å². The molecular weight excluding hydrogens is 218 g/mol. The Balaban J connectivity index is 1.66. The quantitative estimate of drug-likeness (QED) is 0.873. The van der Waals surface area contributed by atoms with Gasteiger partial charge in [-0.3, -0.25) is 0 Å². The van der Waals surface area contributed by atoms with Gasteiger partial charge in [-0.1, -0.05) is 6.92 Å². The standard InChI is InChI=1S/C12H19N3S/c1-2-10-8-16-12(13-10)14-11-7-15-5-3-9(11)4-6-15/h8-9,11H,2-7H2,1H3,(H,13,14). The number of hydrogen-bond donors (Lipinski definition) is 1. The van der Waals surface area contributed by atoms with Crippen LogP contribution >= 0.6 is 11.3 Å². The second-order valence-electron chi connectivity index (χ2n) is 4.89. The van der Waals surface area contributed by atoms with Gasteiger partial charge < -0.3 is 10.2 Å². The average molecular weight is 237 g/mol. The first-order valence-electron chi connectivity index (χ1n) is 6.28. The molecule has 0 spiro atoms. The second kappa shape index (κ2) is 4.34. The van der Waals surface area contributed by atoms with Crippen LogP contribution in [-0.2, 0) is 6.42 Å². The van der Waals surface area contributed by atoms with Crippen molar-refractivity contribution in [2.75, 3.05) is 25.0 Å². The Morgan fingerprint density at radius 3 is 2.88 bits per heavy atom. The van der Waals surface area contributed by atoms with E-state index < -0.39 is 0 Å². The molecular formula is C12H19N3S. The lowest BCUT2D eigenvalue weighted by Gasteiger charge is -2.44. The lowest BCUT2D eigenvalue weighted by atomic mass is 9.84. The SMILES string of the molecule is CCc1csc(NC2CN3CCC2CC3)n1. The van der Waals surface area contributed by atoms with Gasteiger partial charge in [0.1, 0.15) is 0 Å². The highest BCUT2D eigenvalue weighted by molar-refractivity contribution is 7.13. The van der Waals surface area contributed by atoms with E-state index in [1.54, 1.807) is 11.3 Å². The Morgan fingerprint density at radius 1 is 1.50 bits per heavy atom. The zero-order valence-corrected chi connectivity index (χ0v) is 10.6. The molecule has 0 aliphatic carbocycles. The topological polar surface area (TPSA) is 28.2 Å². The van der Waals surface area contributed by atoms with E-state index in [0.717, 1.165) is 17.5 Å². The number of rotatable bonds is 3. The minimum absolute atomic E-state index is 0.637. The summed E-state index contributed by atoms with van der Waals surface area (Å²) in [4.78, 5) is 7.17. The van der Waals surface area contributed by atoms with Crippen LogP contribution in [-0.4, -0.2) is 35.6 Å². The zero-order valence-electron chi connectivity index (χ0n) is 9.78. The first kappa shape index (κ1) is 10.5. The van der Waals surface area contributed by atoms with Crippen LogP contribution in [0, 0.1) is 5.92 Å². The van der Waals surface area contributed by atoms with Crippen molar-refractivity contribution in [2.45, 2.75) is 32.2 Å². The summed E-state index contributed by atoms with van der Waals surface area (Å²) >= 11 is 1.75. The molecule has 0 saturated carbocycles. The van der Waals surface area contributed by atoms with Crippen LogP contribution in [0.3, 0.4) is 0 Å². The van der Waals surface area contributed by atoms with E-state index in [-0.39, 0.29) is 0 Å². The molecule has 0 amide bonds. The highest BCUT2D eigenvalue weighted by Crippen LogP contribution is 2.30. The molecule has 3 aliphatic rings. The van der Waals surface area contributed by atoms with Crippen LogP contribution in [0.4, 0.5) is 5.13 Å². The van der Waals surface area contributed by atoms with Crippen molar-refractivity contribution < 1.29 is 0 Å². The van der Waals surface area contributed by atoms with Crippen molar-refractivity contribution in [3.05, 3.63) is 11.1 Å². The molecule has 3 nitrogen and oxygen atoms in total. The predicted octanol–water partition coefficient (Wildman–Crippen LogP) is 2.21. The van der Waals surface area contributed by atoms with Crippen molar-refractivity contribution in [2.24, 2.45) is 5.92 Å². The van der Waals surface area contributed by atoms with Gasteiger partial charge in [0.2, 0.25) is 0 Å². The molecule has 16 heavy (non-hydrogen) atoms. The first-order chi connectivity index (χ1) is 7.85. The highest BCUT2D eigenvalue weighted by Gasteiger charge is 2.34. The molecule has 3 saturated heterocycles. The van der Waals surface area contributed by atoms with Crippen LogP contribution < -0.4 is 5.32 Å². The Bertz CT molecular complexity index is 355. The van der Waals surface area contributed by atoms with Crippen LogP contribution in [0.5, 0.6) is 0 Å². The van der Waals surface area contributed by atoms with E-state index in [4.69, 9.17) is 0 Å². The Kier molecular flexibility index (Phi) is 2.86. The summed E-state index contributed by atoms with van der Waals surface area (Å²) in [5, 5.41) is 6.92. The van der Waals surface area contributed by atoms with Gasteiger partial charge in [0, 0.05) is 18.0 Å². The van der Waals surface area contributed by atoms with Gasteiger partial charge in [0.05, 0.1) is 5.69 Å². The normalized spacial score (nSPS) is 32.9. The Hall–Kier alpha value is -0.610. The molecule has 0 radical (unpaired) electrons. The maximum atomic E-state index is 4.60. The van der Waals surface area contributed by atoms with Crippen molar-refractivity contribution in [3.8, 4) is 0 Å². The summed E-state index contributed by atoms with van der Waals surface area (Å²) in [5.41, 5.74) is 1.22. The van der Waals surface area contributed by atoms with E-state index in [1.807, 2.05) is 0 Å². The fourth-order valence-electron chi connectivity index (χ4n) is 2.82.